The van der Waals surface area contributed by atoms with Gasteiger partial charge < -0.3 is 14.5 Å². The summed E-state index contributed by atoms with van der Waals surface area (Å²) in [5.74, 6) is 0.379. The van der Waals surface area contributed by atoms with E-state index in [0.717, 1.165) is 12.2 Å². The smallest absolute Gasteiger partial charge is 0.181 e. The van der Waals surface area contributed by atoms with Crippen LogP contribution in [0.1, 0.15) is 12.6 Å². The zero-order chi connectivity index (χ0) is 13.0. The van der Waals surface area contributed by atoms with Crippen LogP contribution in [0.4, 0.5) is 4.39 Å². The van der Waals surface area contributed by atoms with Crippen molar-refractivity contribution in [2.45, 2.75) is 13.5 Å². The number of methoxy groups -OCH3 is 1. The summed E-state index contributed by atoms with van der Waals surface area (Å²) in [4.78, 5) is 4.12. The first-order valence-electron chi connectivity index (χ1n) is 5.73. The molecule has 0 atom stereocenters. The maximum atomic E-state index is 13.6. The Bertz CT molecular complexity index is 525. The van der Waals surface area contributed by atoms with Crippen molar-refractivity contribution < 1.29 is 13.5 Å². The average molecular weight is 250 g/mol. The summed E-state index contributed by atoms with van der Waals surface area (Å²) in [6, 6.07) is 4.71. The Morgan fingerprint density at radius 1 is 1.44 bits per heavy atom. The largest absolute Gasteiger partial charge is 0.494 e. The molecule has 0 aliphatic carbocycles. The lowest BCUT2D eigenvalue weighted by Crippen LogP contribution is -2.12. The fourth-order valence-corrected chi connectivity index (χ4v) is 1.68. The van der Waals surface area contributed by atoms with Gasteiger partial charge in [0.15, 0.2) is 23.7 Å². The molecule has 0 spiro atoms. The molecule has 1 heterocycles. The Labute approximate surface area is 105 Å². The van der Waals surface area contributed by atoms with Crippen molar-refractivity contribution in [1.82, 2.24) is 10.3 Å². The third-order valence-electron chi connectivity index (χ3n) is 2.60. The highest BCUT2D eigenvalue weighted by molar-refractivity contribution is 5.61. The van der Waals surface area contributed by atoms with Gasteiger partial charge in [-0.15, -0.1) is 0 Å². The predicted octanol–water partition coefficient (Wildman–Crippen LogP) is 2.60. The van der Waals surface area contributed by atoms with Crippen LogP contribution in [-0.2, 0) is 6.54 Å². The van der Waals surface area contributed by atoms with Gasteiger partial charge in [0.2, 0.25) is 0 Å². The van der Waals surface area contributed by atoms with Gasteiger partial charge in [-0.2, -0.15) is 0 Å². The van der Waals surface area contributed by atoms with Crippen LogP contribution in [0.3, 0.4) is 0 Å². The van der Waals surface area contributed by atoms with Crippen molar-refractivity contribution in [3.8, 4) is 17.1 Å². The van der Waals surface area contributed by atoms with Gasteiger partial charge in [0.1, 0.15) is 5.69 Å². The van der Waals surface area contributed by atoms with Crippen LogP contribution in [0.15, 0.2) is 29.0 Å². The second-order valence-corrected chi connectivity index (χ2v) is 3.76. The van der Waals surface area contributed by atoms with Gasteiger partial charge in [-0.1, -0.05) is 6.92 Å². The molecule has 0 saturated carbocycles. The van der Waals surface area contributed by atoms with Gasteiger partial charge in [0, 0.05) is 12.1 Å². The minimum absolute atomic E-state index is 0.214. The van der Waals surface area contributed by atoms with Gasteiger partial charge in [-0.3, -0.25) is 0 Å². The van der Waals surface area contributed by atoms with E-state index in [1.165, 1.54) is 19.6 Å². The molecule has 0 bridgehead atoms. The summed E-state index contributed by atoms with van der Waals surface area (Å²) in [6.07, 6.45) is 1.37. The van der Waals surface area contributed by atoms with Crippen LogP contribution < -0.4 is 10.1 Å². The number of hydrogen-bond donors (Lipinski definition) is 1. The minimum Gasteiger partial charge on any atom is -0.494 e. The highest BCUT2D eigenvalue weighted by Gasteiger charge is 2.12. The van der Waals surface area contributed by atoms with E-state index in [1.54, 1.807) is 12.1 Å². The fraction of sp³-hybridized carbons (Fsp3) is 0.308. The quantitative estimate of drug-likeness (QED) is 0.886. The van der Waals surface area contributed by atoms with E-state index in [-0.39, 0.29) is 5.75 Å². The van der Waals surface area contributed by atoms with E-state index in [9.17, 15) is 4.39 Å². The first kappa shape index (κ1) is 12.6. The number of benzene rings is 1. The molecule has 0 aliphatic rings. The van der Waals surface area contributed by atoms with Gasteiger partial charge in [0.25, 0.3) is 0 Å². The van der Waals surface area contributed by atoms with Crippen LogP contribution in [0, 0.1) is 5.82 Å². The molecular weight excluding hydrogens is 235 g/mol. The lowest BCUT2D eigenvalue weighted by atomic mass is 10.1. The van der Waals surface area contributed by atoms with Crippen molar-refractivity contribution in [1.29, 1.82) is 0 Å². The van der Waals surface area contributed by atoms with E-state index in [4.69, 9.17) is 9.15 Å². The molecule has 5 heteroatoms. The molecule has 0 amide bonds. The lowest BCUT2D eigenvalue weighted by Gasteiger charge is -2.05. The zero-order valence-electron chi connectivity index (χ0n) is 10.4. The molecule has 1 N–H and O–H groups in total. The summed E-state index contributed by atoms with van der Waals surface area (Å²) in [6.45, 7) is 3.44. The summed E-state index contributed by atoms with van der Waals surface area (Å²) in [7, 11) is 1.43. The number of aromatic nitrogens is 1. The molecule has 96 valence electrons. The molecule has 0 fully saturated rings. The number of nitrogens with one attached hydrogen (secondary N) is 1. The number of rotatable bonds is 5. The number of halogens is 1. The van der Waals surface area contributed by atoms with Crippen LogP contribution in [0.25, 0.3) is 11.3 Å². The second kappa shape index (κ2) is 5.64. The van der Waals surface area contributed by atoms with Crippen molar-refractivity contribution in [3.05, 3.63) is 36.1 Å². The van der Waals surface area contributed by atoms with E-state index in [1.807, 2.05) is 6.92 Å². The number of nitrogens with zero attached hydrogens (tertiary/aromatic N) is 1. The highest BCUT2D eigenvalue weighted by Crippen LogP contribution is 2.27. The van der Waals surface area contributed by atoms with E-state index < -0.39 is 5.82 Å². The molecule has 18 heavy (non-hydrogen) atoms. The summed E-state index contributed by atoms with van der Waals surface area (Å²) < 4.78 is 23.8. The molecule has 0 aliphatic heterocycles. The van der Waals surface area contributed by atoms with Crippen molar-refractivity contribution in [2.75, 3.05) is 13.7 Å². The normalized spacial score (nSPS) is 10.6. The van der Waals surface area contributed by atoms with E-state index in [2.05, 4.69) is 10.3 Å². The second-order valence-electron chi connectivity index (χ2n) is 3.76. The first-order chi connectivity index (χ1) is 8.76. The van der Waals surface area contributed by atoms with Gasteiger partial charge >= 0.3 is 0 Å². The van der Waals surface area contributed by atoms with E-state index >= 15 is 0 Å². The number of oxazole rings is 1. The molecule has 0 radical (unpaired) electrons. The molecule has 2 rings (SSSR count). The van der Waals surface area contributed by atoms with Crippen molar-refractivity contribution in [3.63, 3.8) is 0 Å². The molecule has 0 saturated heterocycles. The summed E-state index contributed by atoms with van der Waals surface area (Å²) in [5.41, 5.74) is 1.42. The maximum Gasteiger partial charge on any atom is 0.181 e. The lowest BCUT2D eigenvalue weighted by molar-refractivity contribution is 0.386. The third kappa shape index (κ3) is 2.51. The standard InChI is InChI=1S/C13H15FN2O2/c1-3-15-7-11-13(18-8-16-11)9-4-5-12(17-2)10(14)6-9/h4-6,8,15H,3,7H2,1-2H3. The Kier molecular flexibility index (Phi) is 3.94. The minimum atomic E-state index is -0.416. The topological polar surface area (TPSA) is 47.3 Å². The molecular formula is C13H15FN2O2. The molecule has 0 unspecified atom stereocenters. The fourth-order valence-electron chi connectivity index (χ4n) is 1.68. The Hall–Kier alpha value is -1.88. The SMILES string of the molecule is CCNCc1ncoc1-c1ccc(OC)c(F)c1. The Morgan fingerprint density at radius 2 is 2.28 bits per heavy atom. The monoisotopic (exact) mass is 250 g/mol. The van der Waals surface area contributed by atoms with Gasteiger partial charge in [-0.25, -0.2) is 9.37 Å². The average Bonchev–Trinajstić information content (AvgIpc) is 2.84. The summed E-state index contributed by atoms with van der Waals surface area (Å²) in [5, 5.41) is 3.16. The van der Waals surface area contributed by atoms with Crippen molar-refractivity contribution in [2.24, 2.45) is 0 Å². The molecule has 1 aromatic heterocycles. The van der Waals surface area contributed by atoms with Gasteiger partial charge in [0.05, 0.1) is 7.11 Å². The van der Waals surface area contributed by atoms with Crippen LogP contribution >= 0.6 is 0 Å². The molecule has 4 nitrogen and oxygen atoms in total. The maximum absolute atomic E-state index is 13.6. The zero-order valence-corrected chi connectivity index (χ0v) is 10.4. The van der Waals surface area contributed by atoms with Gasteiger partial charge in [-0.05, 0) is 24.7 Å². The highest BCUT2D eigenvalue weighted by atomic mass is 19.1. The Balaban J connectivity index is 2.31. The summed E-state index contributed by atoms with van der Waals surface area (Å²) >= 11 is 0. The van der Waals surface area contributed by atoms with Crippen LogP contribution in [0.2, 0.25) is 0 Å². The third-order valence-corrected chi connectivity index (χ3v) is 2.60. The number of hydrogen-bond acceptors (Lipinski definition) is 4. The van der Waals surface area contributed by atoms with Crippen LogP contribution in [-0.4, -0.2) is 18.6 Å². The van der Waals surface area contributed by atoms with E-state index in [0.29, 0.717) is 17.9 Å². The first-order valence-corrected chi connectivity index (χ1v) is 5.73. The predicted molar refractivity (Wildman–Crippen MR) is 65.8 cm³/mol. The van der Waals surface area contributed by atoms with Crippen molar-refractivity contribution >= 4 is 0 Å². The number of ether oxygens (including phenoxy) is 1. The molecule has 2 aromatic rings. The Morgan fingerprint density at radius 3 is 2.94 bits per heavy atom. The van der Waals surface area contributed by atoms with Crippen LogP contribution in [0.5, 0.6) is 5.75 Å². The molecule has 1 aromatic carbocycles.